The van der Waals surface area contributed by atoms with E-state index in [4.69, 9.17) is 4.98 Å². The van der Waals surface area contributed by atoms with Gasteiger partial charge in [0.25, 0.3) is 0 Å². The zero-order valence-electron chi connectivity index (χ0n) is 16.1. The van der Waals surface area contributed by atoms with E-state index >= 15 is 0 Å². The molecular weight excluding hydrogens is 302 g/mol. The third-order valence-corrected chi connectivity index (χ3v) is 5.04. The van der Waals surface area contributed by atoms with E-state index in [1.54, 1.807) is 0 Å². The van der Waals surface area contributed by atoms with Gasteiger partial charge in [-0.1, -0.05) is 41.5 Å². The molecule has 2 aromatic carbocycles. The first-order chi connectivity index (χ1) is 11.9. The highest BCUT2D eigenvalue weighted by Gasteiger charge is 2.25. The Morgan fingerprint density at radius 3 is 1.44 bits per heavy atom. The largest absolute Gasteiger partial charge is 0.260 e. The molecule has 128 valence electrons. The lowest BCUT2D eigenvalue weighted by Gasteiger charge is -2.26. The molecule has 0 bridgehead atoms. The zero-order valence-corrected chi connectivity index (χ0v) is 16.1. The lowest BCUT2D eigenvalue weighted by molar-refractivity contribution is 0.877. The summed E-state index contributed by atoms with van der Waals surface area (Å²) in [4.78, 5) is 4.74. The van der Waals surface area contributed by atoms with Gasteiger partial charge in [0.15, 0.2) is 0 Å². The molecule has 0 radical (unpaired) electrons. The average Bonchev–Trinajstić information content (AvgIpc) is 2.52. The van der Waals surface area contributed by atoms with E-state index in [-0.39, 0.29) is 5.92 Å². The molecule has 1 nitrogen and oxygen atoms in total. The van der Waals surface area contributed by atoms with Gasteiger partial charge in [-0.3, -0.25) is 4.98 Å². The molecule has 1 aromatic heterocycles. The van der Waals surface area contributed by atoms with E-state index in [9.17, 15) is 0 Å². The fourth-order valence-corrected chi connectivity index (χ4v) is 4.28. The maximum absolute atomic E-state index is 4.74. The monoisotopic (exact) mass is 329 g/mol. The predicted molar refractivity (Wildman–Crippen MR) is 106 cm³/mol. The smallest absolute Gasteiger partial charge is 0.0523 e. The summed E-state index contributed by atoms with van der Waals surface area (Å²) in [6.45, 7) is 13.2. The topological polar surface area (TPSA) is 12.9 Å². The van der Waals surface area contributed by atoms with E-state index in [1.165, 1.54) is 44.5 Å². The van der Waals surface area contributed by atoms with Gasteiger partial charge in [-0.25, -0.2) is 0 Å². The average molecular weight is 329 g/mol. The highest BCUT2D eigenvalue weighted by molar-refractivity contribution is 5.53. The van der Waals surface area contributed by atoms with Crippen LogP contribution >= 0.6 is 0 Å². The third kappa shape index (κ3) is 3.37. The third-order valence-electron chi connectivity index (χ3n) is 5.04. The van der Waals surface area contributed by atoms with Gasteiger partial charge >= 0.3 is 0 Å². The Morgan fingerprint density at radius 1 is 0.640 bits per heavy atom. The van der Waals surface area contributed by atoms with Gasteiger partial charge in [-0.2, -0.15) is 0 Å². The molecule has 1 heteroatoms. The Balaban J connectivity index is 2.34. The lowest BCUT2D eigenvalue weighted by atomic mass is 9.79. The molecule has 0 aliphatic heterocycles. The summed E-state index contributed by atoms with van der Waals surface area (Å²) >= 11 is 0. The maximum Gasteiger partial charge on any atom is 0.0523 e. The Morgan fingerprint density at radius 2 is 1.08 bits per heavy atom. The number of aryl methyl sites for hydroxylation is 6. The fourth-order valence-electron chi connectivity index (χ4n) is 4.28. The van der Waals surface area contributed by atoms with Crippen LogP contribution < -0.4 is 0 Å². The van der Waals surface area contributed by atoms with Crippen LogP contribution in [-0.4, -0.2) is 4.98 Å². The molecule has 0 aliphatic rings. The number of hydrogen-bond donors (Lipinski definition) is 0. The predicted octanol–water partition coefficient (Wildman–Crippen LogP) is 6.11. The Labute approximate surface area is 151 Å². The summed E-state index contributed by atoms with van der Waals surface area (Å²) in [6.07, 6.45) is 1.90. The molecule has 0 fully saturated rings. The second kappa shape index (κ2) is 6.84. The van der Waals surface area contributed by atoms with E-state index in [0.29, 0.717) is 0 Å². The number of nitrogens with zero attached hydrogens (tertiary/aromatic N) is 1. The molecule has 0 atom stereocenters. The van der Waals surface area contributed by atoms with Crippen molar-refractivity contribution < 1.29 is 0 Å². The maximum atomic E-state index is 4.74. The number of pyridine rings is 1. The molecule has 0 spiro atoms. The molecule has 0 amide bonds. The minimum Gasteiger partial charge on any atom is -0.260 e. The minimum absolute atomic E-state index is 0.169. The Hall–Kier alpha value is -2.41. The molecule has 0 N–H and O–H groups in total. The Bertz CT molecular complexity index is 803. The summed E-state index contributed by atoms with van der Waals surface area (Å²) < 4.78 is 0. The van der Waals surface area contributed by atoms with Gasteiger partial charge in [-0.05, 0) is 87.1 Å². The van der Waals surface area contributed by atoms with Gasteiger partial charge < -0.3 is 0 Å². The second-order valence-corrected chi connectivity index (χ2v) is 7.31. The molecule has 25 heavy (non-hydrogen) atoms. The van der Waals surface area contributed by atoms with Crippen LogP contribution in [0.5, 0.6) is 0 Å². The van der Waals surface area contributed by atoms with E-state index in [1.807, 2.05) is 12.3 Å². The van der Waals surface area contributed by atoms with Crippen molar-refractivity contribution in [2.75, 3.05) is 0 Å². The second-order valence-electron chi connectivity index (χ2n) is 7.31. The summed E-state index contributed by atoms with van der Waals surface area (Å²) in [5.41, 5.74) is 11.9. The SMILES string of the molecule is Cc1cc(C)c(C(c2ccccn2)c2c(C)cc(C)cc2C)c(C)c1. The molecule has 3 aromatic rings. The van der Waals surface area contributed by atoms with Crippen LogP contribution in [0.1, 0.15) is 56.1 Å². The number of benzene rings is 2. The minimum atomic E-state index is 0.169. The molecule has 0 aliphatic carbocycles. The van der Waals surface area contributed by atoms with Gasteiger partial charge in [-0.15, -0.1) is 0 Å². The molecule has 1 heterocycles. The highest BCUT2D eigenvalue weighted by Crippen LogP contribution is 2.38. The van der Waals surface area contributed by atoms with E-state index in [2.05, 4.69) is 77.9 Å². The number of hydrogen-bond acceptors (Lipinski definition) is 1. The molecule has 3 rings (SSSR count). The van der Waals surface area contributed by atoms with Gasteiger partial charge in [0.1, 0.15) is 0 Å². The summed E-state index contributed by atoms with van der Waals surface area (Å²) in [6, 6.07) is 15.4. The van der Waals surface area contributed by atoms with Crippen molar-refractivity contribution in [3.63, 3.8) is 0 Å². The highest BCUT2D eigenvalue weighted by atomic mass is 14.7. The summed E-state index contributed by atoms with van der Waals surface area (Å²) in [5, 5.41) is 0. The van der Waals surface area contributed by atoms with Crippen LogP contribution in [-0.2, 0) is 0 Å². The van der Waals surface area contributed by atoms with Crippen molar-refractivity contribution >= 4 is 0 Å². The van der Waals surface area contributed by atoms with Crippen molar-refractivity contribution in [3.8, 4) is 0 Å². The normalized spacial score (nSPS) is 11.2. The molecule has 0 saturated carbocycles. The lowest BCUT2D eigenvalue weighted by Crippen LogP contribution is -2.12. The van der Waals surface area contributed by atoms with Gasteiger partial charge in [0, 0.05) is 6.20 Å². The number of rotatable bonds is 3. The first kappa shape index (κ1) is 17.4. The zero-order chi connectivity index (χ0) is 18.1. The first-order valence-corrected chi connectivity index (χ1v) is 8.95. The fraction of sp³-hybridized carbons (Fsp3) is 0.292. The first-order valence-electron chi connectivity index (χ1n) is 8.95. The van der Waals surface area contributed by atoms with Crippen molar-refractivity contribution in [1.29, 1.82) is 0 Å². The quantitative estimate of drug-likeness (QED) is 0.564. The van der Waals surface area contributed by atoms with Crippen LogP contribution in [0.4, 0.5) is 0 Å². The molecular formula is C24H27N. The van der Waals surface area contributed by atoms with Gasteiger partial charge in [0.05, 0.1) is 11.6 Å². The van der Waals surface area contributed by atoms with Crippen molar-refractivity contribution in [2.24, 2.45) is 0 Å². The molecule has 0 unspecified atom stereocenters. The molecule has 0 saturated heterocycles. The van der Waals surface area contributed by atoms with Crippen LogP contribution in [0.15, 0.2) is 48.7 Å². The Kier molecular flexibility index (Phi) is 4.76. The summed E-state index contributed by atoms with van der Waals surface area (Å²) in [7, 11) is 0. The summed E-state index contributed by atoms with van der Waals surface area (Å²) in [5.74, 6) is 0.169. The van der Waals surface area contributed by atoms with E-state index in [0.717, 1.165) is 5.69 Å². The van der Waals surface area contributed by atoms with Crippen LogP contribution in [0.25, 0.3) is 0 Å². The van der Waals surface area contributed by atoms with Crippen molar-refractivity contribution in [1.82, 2.24) is 4.98 Å². The van der Waals surface area contributed by atoms with Gasteiger partial charge in [0.2, 0.25) is 0 Å². The number of aromatic nitrogens is 1. The van der Waals surface area contributed by atoms with Crippen molar-refractivity contribution in [3.05, 3.63) is 98.9 Å². The van der Waals surface area contributed by atoms with Crippen LogP contribution in [0.3, 0.4) is 0 Å². The van der Waals surface area contributed by atoms with Crippen LogP contribution in [0.2, 0.25) is 0 Å². The van der Waals surface area contributed by atoms with E-state index < -0.39 is 0 Å². The standard InChI is InChI=1S/C24H27N/c1-15-11-17(3)22(18(4)12-15)24(21-9-7-8-10-25-21)23-19(5)13-16(2)14-20(23)6/h7-14,24H,1-6H3. The van der Waals surface area contributed by atoms with Crippen LogP contribution in [0, 0.1) is 41.5 Å². The van der Waals surface area contributed by atoms with Crippen molar-refractivity contribution in [2.45, 2.75) is 47.5 Å².